The first-order valence-corrected chi connectivity index (χ1v) is 7.10. The number of pyridine rings is 1. The van der Waals surface area contributed by atoms with Gasteiger partial charge in [0.25, 0.3) is 5.91 Å². The summed E-state index contributed by atoms with van der Waals surface area (Å²) in [5.41, 5.74) is 5.91. The maximum atomic E-state index is 11.7. The maximum Gasteiger partial charge on any atom is 0.252 e. The third-order valence-corrected chi connectivity index (χ3v) is 3.19. The Hall–Kier alpha value is -0.940. The lowest BCUT2D eigenvalue weighted by Gasteiger charge is -2.05. The number of carbonyl (C=O) groups excluding carboxylic acids is 1. The van der Waals surface area contributed by atoms with E-state index < -0.39 is 0 Å². The number of halogens is 1. The molecular weight excluding hydrogens is 258 g/mol. The fourth-order valence-electron chi connectivity index (χ4n) is 1.25. The minimum absolute atomic E-state index is 0.163. The first-order valence-electron chi connectivity index (χ1n) is 5.33. The predicted molar refractivity (Wildman–Crippen MR) is 73.6 cm³/mol. The van der Waals surface area contributed by atoms with Gasteiger partial charge in [-0.25, -0.2) is 4.98 Å². The summed E-state index contributed by atoms with van der Waals surface area (Å²) >= 11 is 7.60. The molecule has 1 amide bonds. The molecule has 0 fully saturated rings. The lowest BCUT2D eigenvalue weighted by molar-refractivity contribution is 0.0953. The van der Waals surface area contributed by atoms with Gasteiger partial charge in [-0.15, -0.1) is 0 Å². The van der Waals surface area contributed by atoms with Crippen LogP contribution in [-0.4, -0.2) is 29.4 Å². The van der Waals surface area contributed by atoms with Crippen molar-refractivity contribution >= 4 is 35.1 Å². The number of hydrogen-bond donors (Lipinski definition) is 2. The number of nitrogen functional groups attached to an aromatic ring is 1. The van der Waals surface area contributed by atoms with E-state index in [2.05, 4.69) is 16.6 Å². The monoisotopic (exact) mass is 273 g/mol. The van der Waals surface area contributed by atoms with Gasteiger partial charge >= 0.3 is 0 Å². The molecule has 0 atom stereocenters. The van der Waals surface area contributed by atoms with Gasteiger partial charge in [0.2, 0.25) is 0 Å². The van der Waals surface area contributed by atoms with Crippen molar-refractivity contribution in [2.75, 3.05) is 24.3 Å². The summed E-state index contributed by atoms with van der Waals surface area (Å²) in [6, 6.07) is 1.53. The Kier molecular flexibility index (Phi) is 6.15. The quantitative estimate of drug-likeness (QED) is 0.780. The average Bonchev–Trinajstić information content (AvgIpc) is 2.32. The number of nitrogens with one attached hydrogen (secondary N) is 1. The second-order valence-electron chi connectivity index (χ2n) is 3.55. The summed E-state index contributed by atoms with van der Waals surface area (Å²) in [4.78, 5) is 15.5. The highest BCUT2D eigenvalue weighted by atomic mass is 35.5. The molecule has 1 aromatic heterocycles. The van der Waals surface area contributed by atoms with Crippen molar-refractivity contribution in [3.63, 3.8) is 0 Å². The number of amides is 1. The van der Waals surface area contributed by atoms with Gasteiger partial charge in [0.1, 0.15) is 5.82 Å². The van der Waals surface area contributed by atoms with Crippen molar-refractivity contribution in [1.82, 2.24) is 10.3 Å². The number of hydrogen-bond acceptors (Lipinski definition) is 4. The Bertz CT molecular complexity index is 387. The standard InChI is InChI=1S/C11H16ClN3OS/c1-17-5-3-2-4-14-11(16)8-6-9(12)10(13)15-7-8/h6-7H,2-5H2,1H3,(H2,13,15)(H,14,16). The molecular formula is C11H16ClN3OS. The van der Waals surface area contributed by atoms with E-state index in [1.165, 1.54) is 12.3 Å². The van der Waals surface area contributed by atoms with Gasteiger partial charge in [-0.2, -0.15) is 11.8 Å². The van der Waals surface area contributed by atoms with Gasteiger partial charge in [0.15, 0.2) is 0 Å². The van der Waals surface area contributed by atoms with Crippen LogP contribution in [0.25, 0.3) is 0 Å². The van der Waals surface area contributed by atoms with Crippen LogP contribution < -0.4 is 11.1 Å². The van der Waals surface area contributed by atoms with Crippen LogP contribution in [0.15, 0.2) is 12.3 Å². The summed E-state index contributed by atoms with van der Waals surface area (Å²) in [6.07, 6.45) is 5.57. The molecule has 6 heteroatoms. The fraction of sp³-hybridized carbons (Fsp3) is 0.455. The maximum absolute atomic E-state index is 11.7. The fourth-order valence-corrected chi connectivity index (χ4v) is 1.91. The average molecular weight is 274 g/mol. The van der Waals surface area contributed by atoms with E-state index in [4.69, 9.17) is 17.3 Å². The number of thioether (sulfide) groups is 1. The summed E-state index contributed by atoms with van der Waals surface area (Å²) in [7, 11) is 0. The van der Waals surface area contributed by atoms with E-state index in [0.29, 0.717) is 17.1 Å². The molecule has 0 bridgehead atoms. The third-order valence-electron chi connectivity index (χ3n) is 2.19. The topological polar surface area (TPSA) is 68.0 Å². The Morgan fingerprint density at radius 1 is 1.59 bits per heavy atom. The molecule has 1 heterocycles. The molecule has 0 spiro atoms. The minimum atomic E-state index is -0.163. The summed E-state index contributed by atoms with van der Waals surface area (Å²) in [5, 5.41) is 3.12. The molecule has 1 aromatic rings. The predicted octanol–water partition coefficient (Wildman–Crippen LogP) is 2.19. The zero-order chi connectivity index (χ0) is 12.7. The van der Waals surface area contributed by atoms with Crippen molar-refractivity contribution in [3.8, 4) is 0 Å². The third kappa shape index (κ3) is 4.83. The molecule has 1 rings (SSSR count). The van der Waals surface area contributed by atoms with Crippen LogP contribution in [0.2, 0.25) is 5.02 Å². The number of aromatic nitrogens is 1. The van der Waals surface area contributed by atoms with Crippen LogP contribution in [0.5, 0.6) is 0 Å². The normalized spacial score (nSPS) is 10.2. The van der Waals surface area contributed by atoms with E-state index in [9.17, 15) is 4.79 Å². The number of anilines is 1. The molecule has 0 aliphatic carbocycles. The Morgan fingerprint density at radius 3 is 3.00 bits per heavy atom. The van der Waals surface area contributed by atoms with Crippen LogP contribution in [0.4, 0.5) is 5.82 Å². The second kappa shape index (κ2) is 7.40. The molecule has 94 valence electrons. The van der Waals surface area contributed by atoms with Crippen molar-refractivity contribution in [2.24, 2.45) is 0 Å². The van der Waals surface area contributed by atoms with Crippen molar-refractivity contribution in [1.29, 1.82) is 0 Å². The molecule has 0 unspecified atom stereocenters. The molecule has 0 saturated heterocycles. The summed E-state index contributed by atoms with van der Waals surface area (Å²) in [5.74, 6) is 1.19. The second-order valence-corrected chi connectivity index (χ2v) is 4.94. The van der Waals surface area contributed by atoms with Gasteiger partial charge < -0.3 is 11.1 Å². The summed E-state index contributed by atoms with van der Waals surface area (Å²) in [6.45, 7) is 0.668. The first kappa shape index (κ1) is 14.1. The van der Waals surface area contributed by atoms with E-state index in [-0.39, 0.29) is 11.7 Å². The smallest absolute Gasteiger partial charge is 0.252 e. The highest BCUT2D eigenvalue weighted by molar-refractivity contribution is 7.98. The van der Waals surface area contributed by atoms with Crippen molar-refractivity contribution < 1.29 is 4.79 Å². The zero-order valence-electron chi connectivity index (χ0n) is 9.70. The first-order chi connectivity index (χ1) is 8.15. The summed E-state index contributed by atoms with van der Waals surface area (Å²) < 4.78 is 0. The Labute approximate surface area is 110 Å². The molecule has 17 heavy (non-hydrogen) atoms. The number of nitrogens with zero attached hydrogens (tertiary/aromatic N) is 1. The van der Waals surface area contributed by atoms with Gasteiger partial charge in [-0.3, -0.25) is 4.79 Å². The van der Waals surface area contributed by atoms with Crippen LogP contribution in [0.3, 0.4) is 0 Å². The van der Waals surface area contributed by atoms with Gasteiger partial charge in [0.05, 0.1) is 10.6 Å². The molecule has 0 aliphatic rings. The van der Waals surface area contributed by atoms with E-state index in [1.807, 2.05) is 0 Å². The zero-order valence-corrected chi connectivity index (χ0v) is 11.3. The molecule has 0 radical (unpaired) electrons. The molecule has 3 N–H and O–H groups in total. The van der Waals surface area contributed by atoms with Gasteiger partial charge in [-0.1, -0.05) is 11.6 Å². The van der Waals surface area contributed by atoms with E-state index in [1.54, 1.807) is 11.8 Å². The SMILES string of the molecule is CSCCCCNC(=O)c1cnc(N)c(Cl)c1. The lowest BCUT2D eigenvalue weighted by atomic mass is 10.2. The number of unbranched alkanes of at least 4 members (excludes halogenated alkanes) is 1. The van der Waals surface area contributed by atoms with Gasteiger partial charge in [0, 0.05) is 12.7 Å². The number of carbonyl (C=O) groups is 1. The largest absolute Gasteiger partial charge is 0.382 e. The van der Waals surface area contributed by atoms with Crippen molar-refractivity contribution in [3.05, 3.63) is 22.8 Å². The minimum Gasteiger partial charge on any atom is -0.382 e. The van der Waals surface area contributed by atoms with E-state index in [0.717, 1.165) is 18.6 Å². The number of nitrogens with two attached hydrogens (primary N) is 1. The Balaban J connectivity index is 2.39. The van der Waals surface area contributed by atoms with E-state index >= 15 is 0 Å². The highest BCUT2D eigenvalue weighted by Crippen LogP contribution is 2.16. The van der Waals surface area contributed by atoms with Crippen LogP contribution >= 0.6 is 23.4 Å². The van der Waals surface area contributed by atoms with Crippen LogP contribution in [0, 0.1) is 0 Å². The molecule has 0 saturated carbocycles. The number of rotatable bonds is 6. The molecule has 0 aliphatic heterocycles. The van der Waals surface area contributed by atoms with Crippen LogP contribution in [0.1, 0.15) is 23.2 Å². The van der Waals surface area contributed by atoms with Crippen molar-refractivity contribution in [2.45, 2.75) is 12.8 Å². The lowest BCUT2D eigenvalue weighted by Crippen LogP contribution is -2.24. The molecule has 0 aromatic carbocycles. The molecule has 4 nitrogen and oxygen atoms in total. The Morgan fingerprint density at radius 2 is 2.35 bits per heavy atom. The van der Waals surface area contributed by atoms with Gasteiger partial charge in [-0.05, 0) is 30.9 Å². The highest BCUT2D eigenvalue weighted by Gasteiger charge is 2.07. The van der Waals surface area contributed by atoms with Crippen LogP contribution in [-0.2, 0) is 0 Å².